The summed E-state index contributed by atoms with van der Waals surface area (Å²) in [5.41, 5.74) is 5.44. The summed E-state index contributed by atoms with van der Waals surface area (Å²) in [4.78, 5) is 10.7. The van der Waals surface area contributed by atoms with Crippen LogP contribution < -0.4 is 5.73 Å². The molecule has 0 radical (unpaired) electrons. The zero-order chi connectivity index (χ0) is 11.9. The summed E-state index contributed by atoms with van der Waals surface area (Å²) < 4.78 is 13.3. The lowest BCUT2D eigenvalue weighted by molar-refractivity contribution is 0.0691. The summed E-state index contributed by atoms with van der Waals surface area (Å²) in [5, 5.41) is 16.2. The molecule has 7 heteroatoms. The highest BCUT2D eigenvalue weighted by Crippen LogP contribution is 2.29. The Morgan fingerprint density at radius 1 is 1.44 bits per heavy atom. The van der Waals surface area contributed by atoms with Gasteiger partial charge in [0.15, 0.2) is 5.69 Å². The van der Waals surface area contributed by atoms with Crippen LogP contribution in [0.4, 0.5) is 10.1 Å². The smallest absolute Gasteiger partial charge is 0.358 e. The predicted molar refractivity (Wildman–Crippen MR) is 58.6 cm³/mol. The number of aromatic nitrogens is 2. The topological polar surface area (TPSA) is 89.1 Å². The third-order valence-electron chi connectivity index (χ3n) is 2.07. The van der Waals surface area contributed by atoms with Gasteiger partial charge in [-0.3, -0.25) is 0 Å². The summed E-state index contributed by atoms with van der Waals surface area (Å²) >= 11 is 3.00. The molecule has 0 saturated carbocycles. The standard InChI is InChI=1S/C9H5BrFN3O2/c10-5-4(11)2-1-3-6(12)8(9(15)16)14-13-7(3)5/h1-2H,(H2,12,13)(H,15,16). The average Bonchev–Trinajstić information content (AvgIpc) is 2.23. The van der Waals surface area contributed by atoms with E-state index in [0.29, 0.717) is 5.39 Å². The second kappa shape index (κ2) is 3.67. The number of rotatable bonds is 1. The average molecular weight is 286 g/mol. The molecule has 0 aliphatic carbocycles. The molecule has 1 heterocycles. The Balaban J connectivity index is 2.87. The Kier molecular flexibility index (Phi) is 2.47. The van der Waals surface area contributed by atoms with Gasteiger partial charge in [0.05, 0.1) is 10.2 Å². The molecule has 0 bridgehead atoms. The number of aromatic carboxylic acids is 1. The lowest BCUT2D eigenvalue weighted by atomic mass is 10.1. The largest absolute Gasteiger partial charge is 0.476 e. The summed E-state index contributed by atoms with van der Waals surface area (Å²) in [7, 11) is 0. The summed E-state index contributed by atoms with van der Waals surface area (Å²) in [6.07, 6.45) is 0. The van der Waals surface area contributed by atoms with Crippen LogP contribution >= 0.6 is 15.9 Å². The molecule has 0 saturated heterocycles. The van der Waals surface area contributed by atoms with Crippen molar-refractivity contribution < 1.29 is 14.3 Å². The van der Waals surface area contributed by atoms with E-state index in [2.05, 4.69) is 26.1 Å². The number of fused-ring (bicyclic) bond motifs is 1. The molecule has 5 nitrogen and oxygen atoms in total. The predicted octanol–water partition coefficient (Wildman–Crippen LogP) is 1.81. The van der Waals surface area contributed by atoms with Crippen molar-refractivity contribution in [2.24, 2.45) is 0 Å². The van der Waals surface area contributed by atoms with Gasteiger partial charge < -0.3 is 10.8 Å². The van der Waals surface area contributed by atoms with Crippen LogP contribution in [0.2, 0.25) is 0 Å². The van der Waals surface area contributed by atoms with E-state index in [1.807, 2.05) is 0 Å². The number of hydrogen-bond acceptors (Lipinski definition) is 4. The maximum atomic E-state index is 13.2. The Labute approximate surface area is 97.2 Å². The number of hydrogen-bond donors (Lipinski definition) is 2. The molecule has 0 aliphatic heterocycles. The van der Waals surface area contributed by atoms with E-state index in [9.17, 15) is 9.18 Å². The van der Waals surface area contributed by atoms with Crippen LogP contribution in [0.3, 0.4) is 0 Å². The first-order chi connectivity index (χ1) is 7.52. The second-order valence-electron chi connectivity index (χ2n) is 3.02. The van der Waals surface area contributed by atoms with Gasteiger partial charge in [0.25, 0.3) is 0 Å². The van der Waals surface area contributed by atoms with Crippen LogP contribution in [0, 0.1) is 5.82 Å². The molecule has 0 aliphatic rings. The van der Waals surface area contributed by atoms with Crippen LogP contribution in [0.1, 0.15) is 10.5 Å². The van der Waals surface area contributed by atoms with E-state index in [1.54, 1.807) is 0 Å². The number of nitrogens with zero attached hydrogens (tertiary/aromatic N) is 2. The number of carboxylic acid groups (broad SMARTS) is 1. The summed E-state index contributed by atoms with van der Waals surface area (Å²) in [5.74, 6) is -1.78. The third-order valence-corrected chi connectivity index (χ3v) is 2.82. The molecule has 0 unspecified atom stereocenters. The fourth-order valence-corrected chi connectivity index (χ4v) is 1.72. The van der Waals surface area contributed by atoms with Gasteiger partial charge in [0.1, 0.15) is 11.3 Å². The minimum Gasteiger partial charge on any atom is -0.476 e. The zero-order valence-electron chi connectivity index (χ0n) is 7.74. The van der Waals surface area contributed by atoms with Crippen molar-refractivity contribution in [1.82, 2.24) is 10.2 Å². The lowest BCUT2D eigenvalue weighted by Crippen LogP contribution is -2.08. The van der Waals surface area contributed by atoms with Gasteiger partial charge >= 0.3 is 5.97 Å². The molecule has 82 valence electrons. The van der Waals surface area contributed by atoms with Gasteiger partial charge in [-0.2, -0.15) is 0 Å². The van der Waals surface area contributed by atoms with Crippen LogP contribution in [0.25, 0.3) is 10.9 Å². The maximum Gasteiger partial charge on any atom is 0.358 e. The van der Waals surface area contributed by atoms with Crippen LogP contribution in [-0.4, -0.2) is 21.3 Å². The fourth-order valence-electron chi connectivity index (χ4n) is 1.29. The number of benzene rings is 1. The van der Waals surface area contributed by atoms with E-state index in [4.69, 9.17) is 10.8 Å². The molecule has 0 amide bonds. The number of nitrogens with two attached hydrogens (primary N) is 1. The first-order valence-corrected chi connectivity index (χ1v) is 4.95. The molecule has 2 aromatic rings. The van der Waals surface area contributed by atoms with Crippen LogP contribution in [-0.2, 0) is 0 Å². The summed E-state index contributed by atoms with van der Waals surface area (Å²) in [6, 6.07) is 2.54. The fraction of sp³-hybridized carbons (Fsp3) is 0. The van der Waals surface area contributed by atoms with Crippen molar-refractivity contribution in [3.05, 3.63) is 28.1 Å². The molecule has 0 atom stereocenters. The van der Waals surface area contributed by atoms with Crippen LogP contribution in [0.5, 0.6) is 0 Å². The Morgan fingerprint density at radius 3 is 2.75 bits per heavy atom. The van der Waals surface area contributed by atoms with E-state index >= 15 is 0 Å². The zero-order valence-corrected chi connectivity index (χ0v) is 9.32. The van der Waals surface area contributed by atoms with Gasteiger partial charge in [-0.25, -0.2) is 9.18 Å². The van der Waals surface area contributed by atoms with Crippen LogP contribution in [0.15, 0.2) is 16.6 Å². The number of nitrogen functional groups attached to an aromatic ring is 1. The number of anilines is 1. The van der Waals surface area contributed by atoms with E-state index in [1.165, 1.54) is 12.1 Å². The first kappa shape index (κ1) is 10.7. The number of halogens is 2. The molecule has 0 spiro atoms. The van der Waals surface area contributed by atoms with Crippen molar-refractivity contribution >= 4 is 38.5 Å². The first-order valence-electron chi connectivity index (χ1n) is 4.15. The molecular weight excluding hydrogens is 281 g/mol. The minimum absolute atomic E-state index is 0.0294. The monoisotopic (exact) mass is 285 g/mol. The second-order valence-corrected chi connectivity index (χ2v) is 3.82. The van der Waals surface area contributed by atoms with Gasteiger partial charge in [0.2, 0.25) is 0 Å². The Morgan fingerprint density at radius 2 is 2.12 bits per heavy atom. The summed E-state index contributed by atoms with van der Waals surface area (Å²) in [6.45, 7) is 0. The Bertz CT molecular complexity index is 603. The third kappa shape index (κ3) is 1.49. The molecule has 1 aromatic heterocycles. The van der Waals surface area contributed by atoms with Crippen molar-refractivity contribution in [2.45, 2.75) is 0 Å². The normalized spacial score (nSPS) is 10.6. The van der Waals surface area contributed by atoms with Gasteiger partial charge in [-0.05, 0) is 28.1 Å². The SMILES string of the molecule is Nc1c(C(=O)O)nnc2c(Br)c(F)ccc12. The van der Waals surface area contributed by atoms with E-state index < -0.39 is 11.8 Å². The molecule has 3 N–H and O–H groups in total. The van der Waals surface area contributed by atoms with Gasteiger partial charge in [-0.1, -0.05) is 0 Å². The Hall–Kier alpha value is -1.76. The highest BCUT2D eigenvalue weighted by atomic mass is 79.9. The highest BCUT2D eigenvalue weighted by Gasteiger charge is 2.16. The highest BCUT2D eigenvalue weighted by molar-refractivity contribution is 9.10. The van der Waals surface area contributed by atoms with Crippen molar-refractivity contribution in [3.63, 3.8) is 0 Å². The van der Waals surface area contributed by atoms with E-state index in [-0.39, 0.29) is 21.4 Å². The van der Waals surface area contributed by atoms with Gasteiger partial charge in [0, 0.05) is 5.39 Å². The molecule has 16 heavy (non-hydrogen) atoms. The van der Waals surface area contributed by atoms with Crippen molar-refractivity contribution in [3.8, 4) is 0 Å². The number of carboxylic acids is 1. The molecule has 2 rings (SSSR count). The quantitative estimate of drug-likeness (QED) is 0.834. The van der Waals surface area contributed by atoms with Crippen molar-refractivity contribution in [2.75, 3.05) is 5.73 Å². The molecule has 1 aromatic carbocycles. The molecular formula is C9H5BrFN3O2. The van der Waals surface area contributed by atoms with Gasteiger partial charge in [-0.15, -0.1) is 10.2 Å². The van der Waals surface area contributed by atoms with Crippen molar-refractivity contribution in [1.29, 1.82) is 0 Å². The number of carbonyl (C=O) groups is 1. The van der Waals surface area contributed by atoms with E-state index in [0.717, 1.165) is 0 Å². The lowest BCUT2D eigenvalue weighted by Gasteiger charge is -2.05. The molecule has 0 fully saturated rings. The maximum absolute atomic E-state index is 13.2. The minimum atomic E-state index is -1.27.